The van der Waals surface area contributed by atoms with Crippen molar-refractivity contribution in [3.8, 4) is 0 Å². The highest BCUT2D eigenvalue weighted by molar-refractivity contribution is 7.98. The second kappa shape index (κ2) is 9.34. The number of carbonyl (C=O) groups excluding carboxylic acids is 1. The molecule has 0 saturated carbocycles. The highest BCUT2D eigenvalue weighted by atomic mass is 32.2. The smallest absolute Gasteiger partial charge is 0.307 e. The lowest BCUT2D eigenvalue weighted by Gasteiger charge is -2.14. The van der Waals surface area contributed by atoms with Crippen LogP contribution in [-0.4, -0.2) is 37.2 Å². The van der Waals surface area contributed by atoms with Crippen LogP contribution < -0.4 is 5.32 Å². The van der Waals surface area contributed by atoms with E-state index in [-0.39, 0.29) is 5.97 Å². The number of carbonyl (C=O) groups is 1. The van der Waals surface area contributed by atoms with E-state index >= 15 is 0 Å². The zero-order valence-corrected chi connectivity index (χ0v) is 10.2. The molecule has 0 heterocycles. The van der Waals surface area contributed by atoms with E-state index in [0.717, 1.165) is 18.7 Å². The number of hydrogen-bond acceptors (Lipinski definition) is 4. The van der Waals surface area contributed by atoms with Crippen molar-refractivity contribution in [2.24, 2.45) is 0 Å². The molecule has 0 aliphatic rings. The van der Waals surface area contributed by atoms with E-state index < -0.39 is 0 Å². The predicted octanol–water partition coefficient (Wildman–Crippen LogP) is 1.67. The summed E-state index contributed by atoms with van der Waals surface area (Å²) in [6.45, 7) is 5.17. The molecule has 0 aliphatic heterocycles. The highest BCUT2D eigenvalue weighted by Crippen LogP contribution is 2.00. The fourth-order valence-electron chi connectivity index (χ4n) is 1.13. The largest absolute Gasteiger partial charge is 0.466 e. The molecule has 84 valence electrons. The van der Waals surface area contributed by atoms with Crippen molar-refractivity contribution in [1.29, 1.82) is 0 Å². The van der Waals surface area contributed by atoms with E-state index in [1.54, 1.807) is 0 Å². The lowest BCUT2D eigenvalue weighted by molar-refractivity contribution is -0.142. The predicted molar refractivity (Wildman–Crippen MR) is 61.7 cm³/mol. The Labute approximate surface area is 91.0 Å². The maximum Gasteiger partial charge on any atom is 0.307 e. The number of esters is 1. The molecule has 0 radical (unpaired) electrons. The number of hydrogen-bond donors (Lipinski definition) is 1. The van der Waals surface area contributed by atoms with Gasteiger partial charge in [-0.25, -0.2) is 0 Å². The molecule has 0 aliphatic carbocycles. The van der Waals surface area contributed by atoms with Gasteiger partial charge in [0.2, 0.25) is 0 Å². The van der Waals surface area contributed by atoms with Gasteiger partial charge in [-0.1, -0.05) is 6.92 Å². The summed E-state index contributed by atoms with van der Waals surface area (Å²) in [7, 11) is 0. The zero-order chi connectivity index (χ0) is 10.8. The SMILES string of the molecule is CCOC(=O)CCNC(CC)CSC. The third kappa shape index (κ3) is 7.21. The van der Waals surface area contributed by atoms with Gasteiger partial charge >= 0.3 is 5.97 Å². The van der Waals surface area contributed by atoms with Gasteiger partial charge in [-0.3, -0.25) is 4.79 Å². The van der Waals surface area contributed by atoms with E-state index in [2.05, 4.69) is 18.5 Å². The van der Waals surface area contributed by atoms with Crippen LogP contribution in [0.3, 0.4) is 0 Å². The van der Waals surface area contributed by atoms with Gasteiger partial charge in [-0.2, -0.15) is 11.8 Å². The molecule has 0 fully saturated rings. The molecule has 0 amide bonds. The first-order valence-corrected chi connectivity index (χ1v) is 6.51. The van der Waals surface area contributed by atoms with Crippen molar-refractivity contribution in [2.75, 3.05) is 25.2 Å². The molecule has 0 bridgehead atoms. The summed E-state index contributed by atoms with van der Waals surface area (Å²) in [6.07, 6.45) is 3.66. The number of rotatable bonds is 8. The Morgan fingerprint density at radius 2 is 2.21 bits per heavy atom. The normalized spacial score (nSPS) is 12.5. The Balaban J connectivity index is 3.45. The second-order valence-electron chi connectivity index (χ2n) is 3.07. The summed E-state index contributed by atoms with van der Waals surface area (Å²) in [5, 5.41) is 3.34. The summed E-state index contributed by atoms with van der Waals surface area (Å²) in [6, 6.07) is 0.513. The van der Waals surface area contributed by atoms with E-state index in [1.165, 1.54) is 0 Å². The van der Waals surface area contributed by atoms with Gasteiger partial charge in [0.25, 0.3) is 0 Å². The molecule has 3 nitrogen and oxygen atoms in total. The molecule has 1 unspecified atom stereocenters. The molecule has 0 rings (SSSR count). The van der Waals surface area contributed by atoms with Gasteiger partial charge < -0.3 is 10.1 Å². The van der Waals surface area contributed by atoms with Crippen LogP contribution in [0.15, 0.2) is 0 Å². The quantitative estimate of drug-likeness (QED) is 0.630. The van der Waals surface area contributed by atoms with Gasteiger partial charge in [0.15, 0.2) is 0 Å². The first-order chi connectivity index (χ1) is 6.74. The molecule has 0 saturated heterocycles. The summed E-state index contributed by atoms with van der Waals surface area (Å²) in [5.74, 6) is 0.985. The monoisotopic (exact) mass is 219 g/mol. The molecular formula is C10H21NO2S. The lowest BCUT2D eigenvalue weighted by Crippen LogP contribution is -2.32. The van der Waals surface area contributed by atoms with Crippen LogP contribution in [0.1, 0.15) is 26.7 Å². The van der Waals surface area contributed by atoms with Gasteiger partial charge in [0.05, 0.1) is 13.0 Å². The lowest BCUT2D eigenvalue weighted by atomic mass is 10.2. The minimum atomic E-state index is -0.112. The molecule has 0 aromatic heterocycles. The fraction of sp³-hybridized carbons (Fsp3) is 0.900. The van der Waals surface area contributed by atoms with Crippen molar-refractivity contribution < 1.29 is 9.53 Å². The topological polar surface area (TPSA) is 38.3 Å². The van der Waals surface area contributed by atoms with Crippen LogP contribution in [0, 0.1) is 0 Å². The number of ether oxygens (including phenoxy) is 1. The third-order valence-corrected chi connectivity index (χ3v) is 2.66. The first-order valence-electron chi connectivity index (χ1n) is 5.12. The Morgan fingerprint density at radius 1 is 1.50 bits per heavy atom. The van der Waals surface area contributed by atoms with Gasteiger partial charge in [0, 0.05) is 18.3 Å². The summed E-state index contributed by atoms with van der Waals surface area (Å²) in [4.78, 5) is 11.0. The summed E-state index contributed by atoms with van der Waals surface area (Å²) >= 11 is 1.82. The maximum atomic E-state index is 11.0. The Bertz CT molecular complexity index is 153. The first kappa shape index (κ1) is 13.8. The van der Waals surface area contributed by atoms with E-state index in [0.29, 0.717) is 19.1 Å². The Morgan fingerprint density at radius 3 is 2.71 bits per heavy atom. The molecule has 0 aromatic rings. The van der Waals surface area contributed by atoms with Crippen molar-refractivity contribution in [3.63, 3.8) is 0 Å². The van der Waals surface area contributed by atoms with Crippen LogP contribution in [0.4, 0.5) is 0 Å². The standard InChI is InChI=1S/C10H21NO2S/c1-4-9(8-14-3)11-7-6-10(12)13-5-2/h9,11H,4-8H2,1-3H3. The van der Waals surface area contributed by atoms with Crippen molar-refractivity contribution in [2.45, 2.75) is 32.7 Å². The summed E-state index contributed by atoms with van der Waals surface area (Å²) in [5.41, 5.74) is 0. The Kier molecular flexibility index (Phi) is 9.19. The Hall–Kier alpha value is -0.220. The van der Waals surface area contributed by atoms with Gasteiger partial charge in [-0.15, -0.1) is 0 Å². The third-order valence-electron chi connectivity index (χ3n) is 1.93. The van der Waals surface area contributed by atoms with Crippen LogP contribution in [-0.2, 0) is 9.53 Å². The molecule has 4 heteroatoms. The summed E-state index contributed by atoms with van der Waals surface area (Å²) < 4.78 is 4.83. The van der Waals surface area contributed by atoms with Crippen LogP contribution in [0.5, 0.6) is 0 Å². The molecule has 1 N–H and O–H groups in total. The second-order valence-corrected chi connectivity index (χ2v) is 3.98. The van der Waals surface area contributed by atoms with E-state index in [4.69, 9.17) is 4.74 Å². The maximum absolute atomic E-state index is 11.0. The molecular weight excluding hydrogens is 198 g/mol. The van der Waals surface area contributed by atoms with Crippen molar-refractivity contribution in [1.82, 2.24) is 5.32 Å². The average Bonchev–Trinajstić information content (AvgIpc) is 2.17. The number of thioether (sulfide) groups is 1. The fourth-order valence-corrected chi connectivity index (χ4v) is 1.89. The van der Waals surface area contributed by atoms with E-state index in [1.807, 2.05) is 18.7 Å². The van der Waals surface area contributed by atoms with E-state index in [9.17, 15) is 4.79 Å². The highest BCUT2D eigenvalue weighted by Gasteiger charge is 2.06. The van der Waals surface area contributed by atoms with Crippen molar-refractivity contribution >= 4 is 17.7 Å². The molecule has 14 heavy (non-hydrogen) atoms. The zero-order valence-electron chi connectivity index (χ0n) is 9.34. The van der Waals surface area contributed by atoms with Crippen LogP contribution in [0.25, 0.3) is 0 Å². The van der Waals surface area contributed by atoms with Crippen LogP contribution >= 0.6 is 11.8 Å². The minimum absolute atomic E-state index is 0.112. The average molecular weight is 219 g/mol. The molecule has 0 spiro atoms. The van der Waals surface area contributed by atoms with Crippen molar-refractivity contribution in [3.05, 3.63) is 0 Å². The van der Waals surface area contributed by atoms with Gasteiger partial charge in [-0.05, 0) is 19.6 Å². The molecule has 0 aromatic carbocycles. The minimum Gasteiger partial charge on any atom is -0.466 e. The van der Waals surface area contributed by atoms with Gasteiger partial charge in [0.1, 0.15) is 0 Å². The molecule has 1 atom stereocenters. The number of nitrogens with one attached hydrogen (secondary N) is 1. The van der Waals surface area contributed by atoms with Crippen LogP contribution in [0.2, 0.25) is 0 Å².